The molecule has 0 bridgehead atoms. The molecular weight excluding hydrogens is 232 g/mol. The van der Waals surface area contributed by atoms with E-state index in [1.165, 1.54) is 11.3 Å². The number of nitriles is 1. The van der Waals surface area contributed by atoms with Crippen molar-refractivity contribution in [1.29, 1.82) is 5.26 Å². The van der Waals surface area contributed by atoms with Gasteiger partial charge >= 0.3 is 0 Å². The summed E-state index contributed by atoms with van der Waals surface area (Å²) in [7, 11) is 1.89. The van der Waals surface area contributed by atoms with Gasteiger partial charge in [0.15, 0.2) is 0 Å². The molecule has 0 aliphatic heterocycles. The molecule has 0 aliphatic rings. The average Bonchev–Trinajstić information content (AvgIpc) is 2.85. The van der Waals surface area contributed by atoms with E-state index in [-0.39, 0.29) is 0 Å². The third-order valence-corrected chi connectivity index (χ3v) is 3.77. The van der Waals surface area contributed by atoms with E-state index in [1.54, 1.807) is 4.68 Å². The summed E-state index contributed by atoms with van der Waals surface area (Å²) in [6.45, 7) is 5.72. The van der Waals surface area contributed by atoms with E-state index in [2.05, 4.69) is 16.2 Å². The van der Waals surface area contributed by atoms with Crippen LogP contribution in [0.25, 0.3) is 11.3 Å². The zero-order chi connectivity index (χ0) is 12.6. The van der Waals surface area contributed by atoms with Gasteiger partial charge in [0.2, 0.25) is 0 Å². The Morgan fingerprint density at radius 2 is 2.18 bits per heavy atom. The summed E-state index contributed by atoms with van der Waals surface area (Å²) >= 11 is 1.52. The lowest BCUT2D eigenvalue weighted by molar-refractivity contribution is 0.680. The minimum Gasteiger partial charge on any atom is -0.275 e. The molecule has 2 rings (SSSR count). The summed E-state index contributed by atoms with van der Waals surface area (Å²) in [4.78, 5) is 4.54. The molecule has 0 spiro atoms. The van der Waals surface area contributed by atoms with Crippen molar-refractivity contribution in [2.75, 3.05) is 0 Å². The average molecular weight is 246 g/mol. The first-order chi connectivity index (χ1) is 7.94. The van der Waals surface area contributed by atoms with Crippen LogP contribution in [-0.2, 0) is 12.5 Å². The highest BCUT2D eigenvalue weighted by Crippen LogP contribution is 2.30. The van der Waals surface area contributed by atoms with Gasteiger partial charge in [-0.2, -0.15) is 10.4 Å². The van der Waals surface area contributed by atoms with Crippen molar-refractivity contribution in [2.24, 2.45) is 7.05 Å². The predicted octanol–water partition coefficient (Wildman–Crippen LogP) is 2.65. The summed E-state index contributed by atoms with van der Waals surface area (Å²) in [6.07, 6.45) is 1.95. The van der Waals surface area contributed by atoms with Crippen LogP contribution in [0.3, 0.4) is 0 Å². The number of thiazole rings is 1. The maximum absolute atomic E-state index is 9.09. The lowest BCUT2D eigenvalue weighted by Crippen LogP contribution is -2.13. The zero-order valence-electron chi connectivity index (χ0n) is 10.4. The van der Waals surface area contributed by atoms with Crippen molar-refractivity contribution in [3.8, 4) is 17.3 Å². The molecule has 0 saturated carbocycles. The standard InChI is InChI=1S/C12H14N4S/c1-8-9(5-16(4)15-8)10-6-17-11(14-10)12(2,3)7-13/h5-6H,1-4H3. The number of rotatable bonds is 2. The highest BCUT2D eigenvalue weighted by Gasteiger charge is 2.24. The fourth-order valence-corrected chi connectivity index (χ4v) is 2.48. The molecule has 0 amide bonds. The minimum atomic E-state index is -0.529. The molecule has 0 fully saturated rings. The van der Waals surface area contributed by atoms with Crippen molar-refractivity contribution < 1.29 is 0 Å². The fourth-order valence-electron chi connectivity index (χ4n) is 1.58. The van der Waals surface area contributed by atoms with Gasteiger partial charge < -0.3 is 0 Å². The highest BCUT2D eigenvalue weighted by atomic mass is 32.1. The molecule has 0 unspecified atom stereocenters. The molecule has 0 radical (unpaired) electrons. The molecule has 5 heteroatoms. The summed E-state index contributed by atoms with van der Waals surface area (Å²) in [5.41, 5.74) is 2.36. The molecule has 88 valence electrons. The quantitative estimate of drug-likeness (QED) is 0.818. The maximum atomic E-state index is 9.09. The number of aromatic nitrogens is 3. The molecule has 0 aliphatic carbocycles. The lowest BCUT2D eigenvalue weighted by Gasteiger charge is -2.09. The Morgan fingerprint density at radius 1 is 1.47 bits per heavy atom. The van der Waals surface area contributed by atoms with E-state index in [0.29, 0.717) is 0 Å². The number of nitrogens with zero attached hydrogens (tertiary/aromatic N) is 4. The van der Waals surface area contributed by atoms with Crippen LogP contribution < -0.4 is 0 Å². The molecule has 0 N–H and O–H groups in total. The van der Waals surface area contributed by atoms with Gasteiger partial charge in [0.05, 0.1) is 17.5 Å². The molecule has 2 aromatic rings. The van der Waals surface area contributed by atoms with Gasteiger partial charge in [0.25, 0.3) is 0 Å². The molecule has 17 heavy (non-hydrogen) atoms. The normalized spacial score (nSPS) is 11.5. The lowest BCUT2D eigenvalue weighted by atomic mass is 9.97. The van der Waals surface area contributed by atoms with Gasteiger partial charge in [-0.15, -0.1) is 11.3 Å². The van der Waals surface area contributed by atoms with Crippen LogP contribution in [0.2, 0.25) is 0 Å². The Hall–Kier alpha value is -1.67. The number of hydrogen-bond acceptors (Lipinski definition) is 4. The van der Waals surface area contributed by atoms with E-state index in [0.717, 1.165) is 22.0 Å². The van der Waals surface area contributed by atoms with Crippen LogP contribution in [0.4, 0.5) is 0 Å². The minimum absolute atomic E-state index is 0.529. The first kappa shape index (κ1) is 11.8. The van der Waals surface area contributed by atoms with Crippen molar-refractivity contribution in [1.82, 2.24) is 14.8 Å². The zero-order valence-corrected chi connectivity index (χ0v) is 11.2. The number of hydrogen-bond donors (Lipinski definition) is 0. The largest absolute Gasteiger partial charge is 0.275 e. The summed E-state index contributed by atoms with van der Waals surface area (Å²) in [5.74, 6) is 0. The Bertz CT molecular complexity index is 586. The van der Waals surface area contributed by atoms with Crippen LogP contribution >= 0.6 is 11.3 Å². The Kier molecular flexibility index (Phi) is 2.76. The highest BCUT2D eigenvalue weighted by molar-refractivity contribution is 7.10. The van der Waals surface area contributed by atoms with Crippen molar-refractivity contribution in [3.63, 3.8) is 0 Å². The van der Waals surface area contributed by atoms with E-state index in [9.17, 15) is 0 Å². The summed E-state index contributed by atoms with van der Waals surface area (Å²) in [6, 6.07) is 2.27. The number of aryl methyl sites for hydroxylation is 2. The van der Waals surface area contributed by atoms with Gasteiger partial charge in [-0.1, -0.05) is 0 Å². The fraction of sp³-hybridized carbons (Fsp3) is 0.417. The van der Waals surface area contributed by atoms with Crippen molar-refractivity contribution >= 4 is 11.3 Å². The SMILES string of the molecule is Cc1nn(C)cc1-c1csc(C(C)(C)C#N)n1. The monoisotopic (exact) mass is 246 g/mol. The molecule has 2 aromatic heterocycles. The molecule has 2 heterocycles. The second kappa shape index (κ2) is 3.97. The molecule has 0 saturated heterocycles. The van der Waals surface area contributed by atoms with Gasteiger partial charge in [0.1, 0.15) is 10.4 Å². The Balaban J connectivity index is 2.44. The van der Waals surface area contributed by atoms with Crippen LogP contribution in [0.1, 0.15) is 24.5 Å². The Morgan fingerprint density at radius 3 is 2.71 bits per heavy atom. The van der Waals surface area contributed by atoms with Gasteiger partial charge in [-0.25, -0.2) is 4.98 Å². The van der Waals surface area contributed by atoms with Crippen molar-refractivity contribution in [3.05, 3.63) is 22.3 Å². The summed E-state index contributed by atoms with van der Waals surface area (Å²) in [5, 5.41) is 16.2. The smallest absolute Gasteiger partial charge is 0.113 e. The van der Waals surface area contributed by atoms with Gasteiger partial charge in [-0.3, -0.25) is 4.68 Å². The van der Waals surface area contributed by atoms with Crippen molar-refractivity contribution in [2.45, 2.75) is 26.2 Å². The maximum Gasteiger partial charge on any atom is 0.113 e. The van der Waals surface area contributed by atoms with E-state index >= 15 is 0 Å². The predicted molar refractivity (Wildman–Crippen MR) is 67.7 cm³/mol. The first-order valence-corrected chi connectivity index (χ1v) is 6.20. The second-order valence-corrected chi connectivity index (χ2v) is 5.43. The van der Waals surface area contributed by atoms with E-state index in [4.69, 9.17) is 5.26 Å². The molecule has 0 atom stereocenters. The third-order valence-electron chi connectivity index (χ3n) is 2.61. The van der Waals surface area contributed by atoms with E-state index in [1.807, 2.05) is 39.4 Å². The third kappa shape index (κ3) is 2.08. The topological polar surface area (TPSA) is 54.5 Å². The molecule has 4 nitrogen and oxygen atoms in total. The molecular formula is C12H14N4S. The van der Waals surface area contributed by atoms with Crippen LogP contribution in [-0.4, -0.2) is 14.8 Å². The van der Waals surface area contributed by atoms with Crippen LogP contribution in [0, 0.1) is 18.3 Å². The van der Waals surface area contributed by atoms with Gasteiger partial charge in [-0.05, 0) is 20.8 Å². The van der Waals surface area contributed by atoms with Crippen LogP contribution in [0.5, 0.6) is 0 Å². The second-order valence-electron chi connectivity index (χ2n) is 4.58. The summed E-state index contributed by atoms with van der Waals surface area (Å²) < 4.78 is 1.78. The first-order valence-electron chi connectivity index (χ1n) is 5.32. The van der Waals surface area contributed by atoms with E-state index < -0.39 is 5.41 Å². The Labute approximate surface area is 105 Å². The molecule has 0 aromatic carbocycles. The van der Waals surface area contributed by atoms with Crippen LogP contribution in [0.15, 0.2) is 11.6 Å². The van der Waals surface area contributed by atoms with Gasteiger partial charge in [0, 0.05) is 24.2 Å².